The molecule has 0 aromatic heterocycles. The molecule has 0 amide bonds. The van der Waals surface area contributed by atoms with E-state index in [-0.39, 0.29) is 23.1 Å². The maximum absolute atomic E-state index is 13.1. The van der Waals surface area contributed by atoms with E-state index in [9.17, 15) is 9.59 Å². The fraction of sp³-hybridized carbons (Fsp3) is 0.481. The van der Waals surface area contributed by atoms with Gasteiger partial charge in [0, 0.05) is 5.41 Å². The molecule has 5 unspecified atom stereocenters. The van der Waals surface area contributed by atoms with Crippen LogP contribution in [0.15, 0.2) is 48.5 Å². The number of fused-ring (bicyclic) bond motifs is 5. The van der Waals surface area contributed by atoms with Crippen molar-refractivity contribution in [3.8, 4) is 5.75 Å². The lowest BCUT2D eigenvalue weighted by molar-refractivity contribution is -0.149. The van der Waals surface area contributed by atoms with Gasteiger partial charge in [-0.25, -0.2) is 0 Å². The molecule has 0 radical (unpaired) electrons. The lowest BCUT2D eigenvalue weighted by Crippen LogP contribution is -2.42. The third kappa shape index (κ3) is 3.37. The van der Waals surface area contributed by atoms with E-state index in [0.29, 0.717) is 24.9 Å². The van der Waals surface area contributed by atoms with Crippen LogP contribution in [0.5, 0.6) is 5.75 Å². The largest absolute Gasteiger partial charge is 0.489 e. The molecule has 31 heavy (non-hydrogen) atoms. The molecule has 5 atom stereocenters. The molecule has 2 aromatic carbocycles. The maximum atomic E-state index is 13.1. The van der Waals surface area contributed by atoms with Gasteiger partial charge in [0.2, 0.25) is 0 Å². The van der Waals surface area contributed by atoms with Crippen LogP contribution < -0.4 is 4.74 Å². The molecule has 2 aromatic rings. The summed E-state index contributed by atoms with van der Waals surface area (Å²) in [5, 5.41) is 0. The molecule has 3 aliphatic rings. The molecule has 2 saturated carbocycles. The van der Waals surface area contributed by atoms with Gasteiger partial charge in [-0.1, -0.05) is 43.3 Å². The number of esters is 1. The summed E-state index contributed by atoms with van der Waals surface area (Å²) >= 11 is 0. The summed E-state index contributed by atoms with van der Waals surface area (Å²) in [5.41, 5.74) is 3.58. The summed E-state index contributed by atoms with van der Waals surface area (Å²) in [6.45, 7) is 2.67. The normalized spacial score (nSPS) is 31.4. The Bertz CT molecular complexity index is 998. The Morgan fingerprint density at radius 1 is 1.13 bits per heavy atom. The summed E-state index contributed by atoms with van der Waals surface area (Å²) in [6, 6.07) is 16.8. The van der Waals surface area contributed by atoms with E-state index in [2.05, 4.69) is 37.3 Å². The van der Waals surface area contributed by atoms with Crippen LogP contribution in [-0.2, 0) is 27.4 Å². The van der Waals surface area contributed by atoms with Gasteiger partial charge in [0.05, 0.1) is 7.11 Å². The van der Waals surface area contributed by atoms with Crippen LogP contribution in [0.1, 0.15) is 55.2 Å². The molecular weight excluding hydrogens is 388 g/mol. The van der Waals surface area contributed by atoms with E-state index in [1.165, 1.54) is 18.2 Å². The summed E-state index contributed by atoms with van der Waals surface area (Å²) in [4.78, 5) is 25.3. The van der Waals surface area contributed by atoms with Crippen LogP contribution in [0.25, 0.3) is 0 Å². The maximum Gasteiger partial charge on any atom is 0.316 e. The molecule has 2 fully saturated rings. The molecule has 0 heterocycles. The topological polar surface area (TPSA) is 52.6 Å². The summed E-state index contributed by atoms with van der Waals surface area (Å²) in [5.74, 6) is 1.30. The van der Waals surface area contributed by atoms with E-state index in [0.717, 1.165) is 37.0 Å². The number of ether oxygens (including phenoxy) is 2. The highest BCUT2D eigenvalue weighted by atomic mass is 16.5. The molecule has 4 heteroatoms. The van der Waals surface area contributed by atoms with Crippen LogP contribution in [0, 0.1) is 23.2 Å². The zero-order chi connectivity index (χ0) is 21.6. The van der Waals surface area contributed by atoms with Crippen molar-refractivity contribution in [2.75, 3.05) is 7.11 Å². The number of rotatable bonds is 4. The first-order valence-electron chi connectivity index (χ1n) is 11.4. The second-order valence-corrected chi connectivity index (χ2v) is 9.68. The van der Waals surface area contributed by atoms with E-state index in [1.54, 1.807) is 0 Å². The van der Waals surface area contributed by atoms with Gasteiger partial charge in [-0.3, -0.25) is 9.59 Å². The monoisotopic (exact) mass is 418 g/mol. The van der Waals surface area contributed by atoms with Crippen molar-refractivity contribution in [1.29, 1.82) is 0 Å². The Balaban J connectivity index is 1.35. The number of benzene rings is 2. The smallest absolute Gasteiger partial charge is 0.316 e. The van der Waals surface area contributed by atoms with E-state index >= 15 is 0 Å². The molecule has 0 spiro atoms. The van der Waals surface area contributed by atoms with E-state index < -0.39 is 5.92 Å². The van der Waals surface area contributed by atoms with Gasteiger partial charge in [0.15, 0.2) is 5.78 Å². The summed E-state index contributed by atoms with van der Waals surface area (Å²) in [7, 11) is 1.39. The van der Waals surface area contributed by atoms with Crippen molar-refractivity contribution in [1.82, 2.24) is 0 Å². The number of hydrogen-bond acceptors (Lipinski definition) is 4. The first-order valence-corrected chi connectivity index (χ1v) is 11.4. The number of ketones is 1. The SMILES string of the molecule is COC(=O)C1CC2C3CCc4cc(OCc5ccccc5)ccc4C3CCC2(C)C1=O. The predicted octanol–water partition coefficient (Wildman–Crippen LogP) is 5.09. The van der Waals surface area contributed by atoms with E-state index in [4.69, 9.17) is 9.47 Å². The molecule has 0 bridgehead atoms. The van der Waals surface area contributed by atoms with Crippen molar-refractivity contribution in [3.63, 3.8) is 0 Å². The van der Waals surface area contributed by atoms with Gasteiger partial charge in [-0.2, -0.15) is 0 Å². The average molecular weight is 419 g/mol. The molecule has 162 valence electrons. The Labute approximate surface area is 183 Å². The molecule has 0 aliphatic heterocycles. The van der Waals surface area contributed by atoms with Gasteiger partial charge in [0.1, 0.15) is 18.3 Å². The Morgan fingerprint density at radius 3 is 2.71 bits per heavy atom. The molecular formula is C27H30O4. The fourth-order valence-corrected chi connectivity index (χ4v) is 6.55. The first kappa shape index (κ1) is 20.3. The minimum absolute atomic E-state index is 0.109. The minimum atomic E-state index is -0.575. The number of carbonyl (C=O) groups excluding carboxylic acids is 2. The highest BCUT2D eigenvalue weighted by molar-refractivity contribution is 6.04. The third-order valence-corrected chi connectivity index (χ3v) is 8.19. The summed E-state index contributed by atoms with van der Waals surface area (Å²) in [6.07, 6.45) is 4.59. The minimum Gasteiger partial charge on any atom is -0.489 e. The molecule has 0 N–H and O–H groups in total. The average Bonchev–Trinajstić information content (AvgIpc) is 3.08. The van der Waals surface area contributed by atoms with Crippen LogP contribution in [0.3, 0.4) is 0 Å². The van der Waals surface area contributed by atoms with Crippen molar-refractivity contribution in [3.05, 3.63) is 65.2 Å². The Morgan fingerprint density at radius 2 is 1.94 bits per heavy atom. The molecule has 5 rings (SSSR count). The van der Waals surface area contributed by atoms with Crippen molar-refractivity contribution in [2.24, 2.45) is 23.2 Å². The highest BCUT2D eigenvalue weighted by Gasteiger charge is 2.59. The van der Waals surface area contributed by atoms with E-state index in [1.807, 2.05) is 18.2 Å². The lowest BCUT2D eigenvalue weighted by atomic mass is 9.55. The number of carbonyl (C=O) groups is 2. The Kier molecular flexibility index (Phi) is 5.11. The number of hydrogen-bond donors (Lipinski definition) is 0. The number of Topliss-reactive ketones (excluding diaryl/α,β-unsaturated/α-hetero) is 1. The summed E-state index contributed by atoms with van der Waals surface area (Å²) < 4.78 is 11.0. The van der Waals surface area contributed by atoms with Gasteiger partial charge >= 0.3 is 5.97 Å². The van der Waals surface area contributed by atoms with Gasteiger partial charge in [-0.15, -0.1) is 0 Å². The first-order chi connectivity index (χ1) is 15.0. The van der Waals surface area contributed by atoms with Gasteiger partial charge in [-0.05, 0) is 78.7 Å². The van der Waals surface area contributed by atoms with Crippen molar-refractivity contribution in [2.45, 2.75) is 51.6 Å². The second kappa shape index (κ2) is 7.81. The molecule has 4 nitrogen and oxygen atoms in total. The van der Waals surface area contributed by atoms with Gasteiger partial charge in [0.25, 0.3) is 0 Å². The van der Waals surface area contributed by atoms with Crippen LogP contribution in [0.4, 0.5) is 0 Å². The zero-order valence-corrected chi connectivity index (χ0v) is 18.3. The van der Waals surface area contributed by atoms with Crippen molar-refractivity contribution < 1.29 is 19.1 Å². The predicted molar refractivity (Wildman–Crippen MR) is 118 cm³/mol. The quantitative estimate of drug-likeness (QED) is 0.513. The van der Waals surface area contributed by atoms with Gasteiger partial charge < -0.3 is 9.47 Å². The molecule has 0 saturated heterocycles. The van der Waals surface area contributed by atoms with Crippen molar-refractivity contribution >= 4 is 11.8 Å². The number of methoxy groups -OCH3 is 1. The zero-order valence-electron chi connectivity index (χ0n) is 18.3. The highest BCUT2D eigenvalue weighted by Crippen LogP contribution is 2.61. The fourth-order valence-electron chi connectivity index (χ4n) is 6.55. The number of aryl methyl sites for hydroxylation is 1. The van der Waals surface area contributed by atoms with Crippen LogP contribution >= 0.6 is 0 Å². The Hall–Kier alpha value is -2.62. The standard InChI is InChI=1S/C27H30O4/c1-27-13-12-21-20-11-9-19(31-16-17-6-4-3-5-7-17)14-18(20)8-10-22(21)24(27)15-23(25(27)28)26(29)30-2/h3-7,9,11,14,21-24H,8,10,12-13,15-16H2,1-2H3. The second-order valence-electron chi connectivity index (χ2n) is 9.68. The third-order valence-electron chi connectivity index (χ3n) is 8.19. The lowest BCUT2D eigenvalue weighted by Gasteiger charge is -2.48. The van der Waals surface area contributed by atoms with Crippen LogP contribution in [-0.4, -0.2) is 18.9 Å². The molecule has 3 aliphatic carbocycles. The van der Waals surface area contributed by atoms with Crippen LogP contribution in [0.2, 0.25) is 0 Å².